The fraction of sp³-hybridized carbons (Fsp3) is 0.304. The van der Waals surface area contributed by atoms with Crippen molar-refractivity contribution in [3.63, 3.8) is 0 Å². The van der Waals surface area contributed by atoms with Crippen LogP contribution in [0.1, 0.15) is 30.9 Å². The second-order valence-electron chi connectivity index (χ2n) is 8.11. The van der Waals surface area contributed by atoms with Crippen LogP contribution in [0.25, 0.3) is 11.0 Å². The molecule has 1 aromatic heterocycles. The summed E-state index contributed by atoms with van der Waals surface area (Å²) in [6.07, 6.45) is 1.61. The number of benzene rings is 2. The van der Waals surface area contributed by atoms with E-state index in [9.17, 15) is 9.59 Å². The molecule has 172 valence electrons. The second-order valence-corrected chi connectivity index (χ2v) is 8.11. The van der Waals surface area contributed by atoms with Crippen molar-refractivity contribution >= 4 is 28.7 Å². The third-order valence-electron chi connectivity index (χ3n) is 5.76. The Kier molecular flexibility index (Phi) is 6.16. The highest BCUT2D eigenvalue weighted by Gasteiger charge is 2.21. The Balaban J connectivity index is 1.48. The van der Waals surface area contributed by atoms with Crippen LogP contribution in [0.2, 0.25) is 0 Å². The zero-order valence-electron chi connectivity index (χ0n) is 18.4. The summed E-state index contributed by atoms with van der Waals surface area (Å²) < 4.78 is 7.16. The largest absolute Gasteiger partial charge is 0.490 e. The minimum absolute atomic E-state index is 0.0135. The number of imidazole rings is 1. The van der Waals surface area contributed by atoms with E-state index >= 15 is 0 Å². The number of amidine groups is 2. The number of carbonyl (C=O) groups is 1. The number of nitrogens with one attached hydrogen (secondary N) is 4. The molecule has 0 spiro atoms. The van der Waals surface area contributed by atoms with Crippen LogP contribution in [0.15, 0.2) is 47.3 Å². The van der Waals surface area contributed by atoms with Gasteiger partial charge in [0.15, 0.2) is 0 Å². The molecule has 0 atom stereocenters. The van der Waals surface area contributed by atoms with Crippen molar-refractivity contribution in [2.45, 2.75) is 32.4 Å². The summed E-state index contributed by atoms with van der Waals surface area (Å²) >= 11 is 0. The van der Waals surface area contributed by atoms with E-state index in [0.717, 1.165) is 36.1 Å². The number of aromatic nitrogens is 2. The highest BCUT2D eigenvalue weighted by molar-refractivity contribution is 5.95. The Morgan fingerprint density at radius 2 is 1.97 bits per heavy atom. The Hall–Kier alpha value is -4.08. The van der Waals surface area contributed by atoms with E-state index in [1.165, 1.54) is 0 Å². The molecule has 1 aliphatic heterocycles. The van der Waals surface area contributed by atoms with Crippen molar-refractivity contribution in [1.29, 1.82) is 10.8 Å². The lowest BCUT2D eigenvalue weighted by Crippen LogP contribution is -2.40. The molecule has 3 aromatic rings. The van der Waals surface area contributed by atoms with E-state index in [-0.39, 0.29) is 18.5 Å². The van der Waals surface area contributed by atoms with Crippen LogP contribution < -0.4 is 21.5 Å². The zero-order chi connectivity index (χ0) is 23.5. The lowest BCUT2D eigenvalue weighted by Gasteiger charge is -2.32. The molecule has 2 heterocycles. The minimum atomic E-state index is -0.564. The van der Waals surface area contributed by atoms with E-state index < -0.39 is 11.7 Å². The number of nitrogen functional groups attached to an aromatic ring is 1. The molecule has 10 heteroatoms. The third-order valence-corrected chi connectivity index (χ3v) is 5.76. The molecule has 0 radical (unpaired) electrons. The summed E-state index contributed by atoms with van der Waals surface area (Å²) in [7, 11) is 0. The fourth-order valence-electron chi connectivity index (χ4n) is 3.96. The molecule has 1 fully saturated rings. The number of aromatic amines is 1. The number of fused-ring (bicyclic) bond motifs is 1. The molecule has 6 N–H and O–H groups in total. The number of likely N-dealkylation sites (tertiary alicyclic amines) is 1. The molecular weight excluding hydrogens is 422 g/mol. The maximum atomic E-state index is 12.8. The topological polar surface area (TPSA) is 153 Å². The van der Waals surface area contributed by atoms with Crippen LogP contribution >= 0.6 is 0 Å². The smallest absolute Gasteiger partial charge is 0.334 e. The summed E-state index contributed by atoms with van der Waals surface area (Å²) in [6.45, 7) is 3.50. The van der Waals surface area contributed by atoms with Crippen molar-refractivity contribution in [3.8, 4) is 5.75 Å². The van der Waals surface area contributed by atoms with Crippen LogP contribution in [-0.4, -0.2) is 51.3 Å². The SMILES string of the molecule is CC(=N)N1CCC(Oc2ccc3[nH]c(=O)n(C(=O)NCc4cccc(C(=N)N)c4)c3c2)CC1. The molecule has 10 nitrogen and oxygen atoms in total. The number of nitrogens with two attached hydrogens (primary N) is 1. The van der Waals surface area contributed by atoms with Gasteiger partial charge in [0, 0.05) is 44.1 Å². The predicted octanol–water partition coefficient (Wildman–Crippen LogP) is 2.21. The van der Waals surface area contributed by atoms with Gasteiger partial charge in [0.25, 0.3) is 0 Å². The number of hydrogen-bond donors (Lipinski definition) is 5. The molecule has 1 amide bonds. The van der Waals surface area contributed by atoms with Crippen molar-refractivity contribution in [3.05, 3.63) is 64.1 Å². The number of ether oxygens (including phenoxy) is 1. The van der Waals surface area contributed by atoms with Gasteiger partial charge in [-0.05, 0) is 30.7 Å². The monoisotopic (exact) mass is 449 g/mol. The fourth-order valence-corrected chi connectivity index (χ4v) is 3.96. The van der Waals surface area contributed by atoms with Crippen molar-refractivity contribution in [2.75, 3.05) is 13.1 Å². The van der Waals surface area contributed by atoms with Gasteiger partial charge in [-0.1, -0.05) is 18.2 Å². The van der Waals surface area contributed by atoms with Gasteiger partial charge in [0.2, 0.25) is 0 Å². The van der Waals surface area contributed by atoms with Crippen molar-refractivity contribution < 1.29 is 9.53 Å². The van der Waals surface area contributed by atoms with Gasteiger partial charge in [0.05, 0.1) is 16.9 Å². The van der Waals surface area contributed by atoms with E-state index in [4.69, 9.17) is 21.3 Å². The highest BCUT2D eigenvalue weighted by Crippen LogP contribution is 2.23. The number of hydrogen-bond acceptors (Lipinski definition) is 5. The normalized spacial score (nSPS) is 14.3. The van der Waals surface area contributed by atoms with Gasteiger partial charge in [-0.3, -0.25) is 10.8 Å². The predicted molar refractivity (Wildman–Crippen MR) is 126 cm³/mol. The minimum Gasteiger partial charge on any atom is -0.490 e. The molecule has 33 heavy (non-hydrogen) atoms. The molecule has 4 rings (SSSR count). The standard InChI is InChI=1S/C23H27N7O3/c1-14(24)29-9-7-17(8-10-29)33-18-5-6-19-20(12-18)30(23(32)28-19)22(31)27-13-15-3-2-4-16(11-15)21(25)26/h2-6,11-12,17,24H,7-10,13H2,1H3,(H3,25,26)(H,27,31)(H,28,32). The molecule has 2 aromatic carbocycles. The Morgan fingerprint density at radius 3 is 2.67 bits per heavy atom. The van der Waals surface area contributed by atoms with Crippen LogP contribution in [-0.2, 0) is 6.54 Å². The van der Waals surface area contributed by atoms with Crippen LogP contribution in [0, 0.1) is 10.8 Å². The van der Waals surface area contributed by atoms with Crippen LogP contribution in [0.4, 0.5) is 4.79 Å². The molecule has 0 aliphatic carbocycles. The van der Waals surface area contributed by atoms with Crippen LogP contribution in [0.3, 0.4) is 0 Å². The van der Waals surface area contributed by atoms with Gasteiger partial charge in [0.1, 0.15) is 17.7 Å². The number of rotatable bonds is 5. The van der Waals surface area contributed by atoms with Gasteiger partial charge >= 0.3 is 11.7 Å². The first kappa shape index (κ1) is 22.1. The maximum Gasteiger partial charge on any atom is 0.334 e. The number of carbonyl (C=O) groups excluding carboxylic acids is 1. The first-order valence-electron chi connectivity index (χ1n) is 10.7. The van der Waals surface area contributed by atoms with E-state index in [0.29, 0.717) is 28.2 Å². The van der Waals surface area contributed by atoms with E-state index in [2.05, 4.69) is 10.3 Å². The molecule has 0 saturated carbocycles. The Labute approximate surface area is 190 Å². The van der Waals surface area contributed by atoms with Gasteiger partial charge in [-0.15, -0.1) is 0 Å². The maximum absolute atomic E-state index is 12.8. The molecule has 1 aliphatic rings. The quantitative estimate of drug-likeness (QED) is 0.299. The average molecular weight is 450 g/mol. The first-order valence-corrected chi connectivity index (χ1v) is 10.7. The number of nitrogens with zero attached hydrogens (tertiary/aromatic N) is 2. The lowest BCUT2D eigenvalue weighted by molar-refractivity contribution is 0.130. The number of H-pyrrole nitrogens is 1. The van der Waals surface area contributed by atoms with Crippen molar-refractivity contribution in [1.82, 2.24) is 19.8 Å². The van der Waals surface area contributed by atoms with E-state index in [1.807, 2.05) is 11.0 Å². The first-order chi connectivity index (χ1) is 15.8. The molecule has 0 bridgehead atoms. The summed E-state index contributed by atoms with van der Waals surface area (Å²) in [4.78, 5) is 30.0. The summed E-state index contributed by atoms with van der Waals surface area (Å²) in [6, 6.07) is 11.6. The average Bonchev–Trinajstić information content (AvgIpc) is 3.13. The lowest BCUT2D eigenvalue weighted by atomic mass is 10.1. The number of piperidine rings is 1. The third kappa shape index (κ3) is 4.89. The van der Waals surface area contributed by atoms with Gasteiger partial charge in [-0.2, -0.15) is 0 Å². The van der Waals surface area contributed by atoms with Gasteiger partial charge in [-0.25, -0.2) is 14.2 Å². The highest BCUT2D eigenvalue weighted by atomic mass is 16.5. The zero-order valence-corrected chi connectivity index (χ0v) is 18.4. The summed E-state index contributed by atoms with van der Waals surface area (Å²) in [5, 5.41) is 18.0. The summed E-state index contributed by atoms with van der Waals surface area (Å²) in [5.41, 5.74) is 7.28. The Bertz CT molecular complexity index is 1270. The van der Waals surface area contributed by atoms with E-state index in [1.54, 1.807) is 43.3 Å². The van der Waals surface area contributed by atoms with Crippen molar-refractivity contribution in [2.24, 2.45) is 5.73 Å². The summed E-state index contributed by atoms with van der Waals surface area (Å²) in [5.74, 6) is 1.09. The number of amides is 1. The molecule has 1 saturated heterocycles. The van der Waals surface area contributed by atoms with Gasteiger partial charge < -0.3 is 25.7 Å². The Morgan fingerprint density at radius 1 is 1.21 bits per heavy atom. The van der Waals surface area contributed by atoms with Crippen LogP contribution in [0.5, 0.6) is 5.75 Å². The second kappa shape index (κ2) is 9.19. The molecule has 0 unspecified atom stereocenters. The molecular formula is C23H27N7O3.